The van der Waals surface area contributed by atoms with Gasteiger partial charge in [0, 0.05) is 17.8 Å². The zero-order valence-electron chi connectivity index (χ0n) is 15.9. The van der Waals surface area contributed by atoms with E-state index in [0.717, 1.165) is 11.3 Å². The average Bonchev–Trinajstić information content (AvgIpc) is 2.68. The third-order valence-electron chi connectivity index (χ3n) is 4.57. The van der Waals surface area contributed by atoms with Gasteiger partial charge in [-0.3, -0.25) is 0 Å². The highest BCUT2D eigenvalue weighted by atomic mass is 19.1. The van der Waals surface area contributed by atoms with Crippen LogP contribution in [0.2, 0.25) is 0 Å². The first-order valence-corrected chi connectivity index (χ1v) is 8.91. The van der Waals surface area contributed by atoms with Gasteiger partial charge in [-0.25, -0.2) is 4.39 Å². The number of benzene rings is 3. The van der Waals surface area contributed by atoms with Gasteiger partial charge < -0.3 is 14.8 Å². The molecule has 0 heterocycles. The molecule has 4 heteroatoms. The molecule has 0 fully saturated rings. The Morgan fingerprint density at radius 3 is 2.44 bits per heavy atom. The van der Waals surface area contributed by atoms with Gasteiger partial charge >= 0.3 is 0 Å². The zero-order chi connectivity index (χ0) is 19.2. The van der Waals surface area contributed by atoms with Gasteiger partial charge in [0.2, 0.25) is 0 Å². The van der Waals surface area contributed by atoms with Crippen molar-refractivity contribution in [2.24, 2.45) is 0 Å². The Morgan fingerprint density at radius 2 is 1.70 bits per heavy atom. The highest BCUT2D eigenvalue weighted by Crippen LogP contribution is 2.29. The molecule has 3 rings (SSSR count). The van der Waals surface area contributed by atoms with Gasteiger partial charge in [0.1, 0.15) is 12.4 Å². The fourth-order valence-corrected chi connectivity index (χ4v) is 2.77. The molecule has 3 nitrogen and oxygen atoms in total. The van der Waals surface area contributed by atoms with E-state index in [4.69, 9.17) is 9.47 Å². The van der Waals surface area contributed by atoms with E-state index < -0.39 is 0 Å². The summed E-state index contributed by atoms with van der Waals surface area (Å²) in [5, 5.41) is 3.42. The first kappa shape index (κ1) is 18.8. The van der Waals surface area contributed by atoms with Crippen molar-refractivity contribution in [3.63, 3.8) is 0 Å². The molecule has 0 spiro atoms. The molecular formula is C23H24FNO2. The zero-order valence-corrected chi connectivity index (χ0v) is 15.9. The summed E-state index contributed by atoms with van der Waals surface area (Å²) in [5.41, 5.74) is 5.20. The van der Waals surface area contributed by atoms with Crippen molar-refractivity contribution in [3.05, 3.63) is 88.7 Å². The Balaban J connectivity index is 1.66. The van der Waals surface area contributed by atoms with Gasteiger partial charge in [-0.05, 0) is 60.9 Å². The molecule has 1 N–H and O–H groups in total. The van der Waals surface area contributed by atoms with Gasteiger partial charge in [-0.1, -0.05) is 30.3 Å². The number of methoxy groups -OCH3 is 1. The van der Waals surface area contributed by atoms with Crippen LogP contribution in [0, 0.1) is 19.7 Å². The lowest BCUT2D eigenvalue weighted by Gasteiger charge is -2.14. The molecule has 0 amide bonds. The van der Waals surface area contributed by atoms with E-state index in [1.807, 2.05) is 18.2 Å². The van der Waals surface area contributed by atoms with Gasteiger partial charge in [0.15, 0.2) is 11.5 Å². The van der Waals surface area contributed by atoms with Crippen molar-refractivity contribution in [3.8, 4) is 11.5 Å². The van der Waals surface area contributed by atoms with E-state index >= 15 is 0 Å². The molecule has 0 saturated heterocycles. The van der Waals surface area contributed by atoms with Gasteiger partial charge in [-0.15, -0.1) is 0 Å². The second kappa shape index (κ2) is 8.58. The second-order valence-corrected chi connectivity index (χ2v) is 6.52. The summed E-state index contributed by atoms with van der Waals surface area (Å²) in [5.74, 6) is 0.951. The Bertz CT molecular complexity index is 924. The Kier molecular flexibility index (Phi) is 5.97. The first-order chi connectivity index (χ1) is 13.1. The molecule has 0 radical (unpaired) electrons. The minimum absolute atomic E-state index is 0.156. The molecule has 140 valence electrons. The third kappa shape index (κ3) is 4.79. The summed E-state index contributed by atoms with van der Waals surface area (Å²) in [6.45, 7) is 5.03. The van der Waals surface area contributed by atoms with Crippen molar-refractivity contribution in [2.45, 2.75) is 27.0 Å². The predicted molar refractivity (Wildman–Crippen MR) is 107 cm³/mol. The molecule has 0 aliphatic carbocycles. The molecule has 3 aromatic rings. The Morgan fingerprint density at radius 1 is 0.889 bits per heavy atom. The third-order valence-corrected chi connectivity index (χ3v) is 4.57. The number of anilines is 1. The van der Waals surface area contributed by atoms with E-state index in [0.29, 0.717) is 23.6 Å². The smallest absolute Gasteiger partial charge is 0.161 e. The first-order valence-electron chi connectivity index (χ1n) is 8.91. The van der Waals surface area contributed by atoms with Crippen LogP contribution in [0.25, 0.3) is 0 Å². The number of rotatable bonds is 7. The Labute approximate surface area is 159 Å². The van der Waals surface area contributed by atoms with Crippen molar-refractivity contribution in [1.82, 2.24) is 0 Å². The number of hydrogen-bond donors (Lipinski definition) is 1. The molecule has 0 bridgehead atoms. The Hall–Kier alpha value is -3.01. The van der Waals surface area contributed by atoms with Crippen LogP contribution in [-0.4, -0.2) is 7.11 Å². The highest BCUT2D eigenvalue weighted by Gasteiger charge is 2.08. The molecule has 27 heavy (non-hydrogen) atoms. The summed E-state index contributed by atoms with van der Waals surface area (Å²) in [7, 11) is 1.60. The van der Waals surface area contributed by atoms with Gasteiger partial charge in [0.25, 0.3) is 0 Å². The summed E-state index contributed by atoms with van der Waals surface area (Å²) in [6.07, 6.45) is 0. The SMILES string of the molecule is COc1cc(CNc2ccc(C)c(C)c2)ccc1OCc1ccccc1F. The maximum atomic E-state index is 13.7. The quantitative estimate of drug-likeness (QED) is 0.587. The maximum absolute atomic E-state index is 13.7. The minimum atomic E-state index is -0.273. The summed E-state index contributed by atoms with van der Waals surface area (Å²) in [4.78, 5) is 0. The number of hydrogen-bond acceptors (Lipinski definition) is 3. The van der Waals surface area contributed by atoms with Gasteiger partial charge in [-0.2, -0.15) is 0 Å². The molecule has 3 aromatic carbocycles. The van der Waals surface area contributed by atoms with E-state index in [1.165, 1.54) is 17.2 Å². The molecule has 0 atom stereocenters. The van der Waals surface area contributed by atoms with Crippen molar-refractivity contribution < 1.29 is 13.9 Å². The second-order valence-electron chi connectivity index (χ2n) is 6.52. The molecular weight excluding hydrogens is 341 g/mol. The van der Waals surface area contributed by atoms with E-state index in [-0.39, 0.29) is 12.4 Å². The van der Waals surface area contributed by atoms with Crippen LogP contribution < -0.4 is 14.8 Å². The average molecular weight is 365 g/mol. The van der Waals surface area contributed by atoms with Crippen LogP contribution in [0.15, 0.2) is 60.7 Å². The standard InChI is InChI=1S/C23H24FNO2/c1-16-8-10-20(12-17(16)2)25-14-18-9-11-22(23(13-18)26-3)27-15-19-6-4-5-7-21(19)24/h4-13,25H,14-15H2,1-3H3. The van der Waals surface area contributed by atoms with Crippen LogP contribution in [0.5, 0.6) is 11.5 Å². The normalized spacial score (nSPS) is 10.5. The van der Waals surface area contributed by atoms with Crippen LogP contribution in [0.3, 0.4) is 0 Å². The lowest BCUT2D eigenvalue weighted by Crippen LogP contribution is -2.03. The van der Waals surface area contributed by atoms with Crippen molar-refractivity contribution in [1.29, 1.82) is 0 Å². The highest BCUT2D eigenvalue weighted by molar-refractivity contribution is 5.49. The fourth-order valence-electron chi connectivity index (χ4n) is 2.77. The molecule has 0 aromatic heterocycles. The minimum Gasteiger partial charge on any atom is -0.493 e. The summed E-state index contributed by atoms with van der Waals surface area (Å²) in [6, 6.07) is 18.7. The van der Waals surface area contributed by atoms with E-state index in [2.05, 4.69) is 37.4 Å². The summed E-state index contributed by atoms with van der Waals surface area (Å²) < 4.78 is 24.9. The molecule has 0 aliphatic rings. The van der Waals surface area contributed by atoms with Gasteiger partial charge in [0.05, 0.1) is 7.11 Å². The maximum Gasteiger partial charge on any atom is 0.161 e. The largest absolute Gasteiger partial charge is 0.493 e. The summed E-state index contributed by atoms with van der Waals surface area (Å²) >= 11 is 0. The fraction of sp³-hybridized carbons (Fsp3) is 0.217. The number of ether oxygens (including phenoxy) is 2. The van der Waals surface area contributed by atoms with E-state index in [9.17, 15) is 4.39 Å². The predicted octanol–water partition coefficient (Wildman–Crippen LogP) is 5.64. The van der Waals surface area contributed by atoms with Crippen LogP contribution in [0.4, 0.5) is 10.1 Å². The molecule has 0 saturated carbocycles. The van der Waals surface area contributed by atoms with Crippen molar-refractivity contribution >= 4 is 5.69 Å². The van der Waals surface area contributed by atoms with Crippen molar-refractivity contribution in [2.75, 3.05) is 12.4 Å². The lowest BCUT2D eigenvalue weighted by molar-refractivity contribution is 0.279. The molecule has 0 aliphatic heterocycles. The monoisotopic (exact) mass is 365 g/mol. The number of aryl methyl sites for hydroxylation is 2. The lowest BCUT2D eigenvalue weighted by atomic mass is 10.1. The number of halogens is 1. The van der Waals surface area contributed by atoms with Crippen LogP contribution >= 0.6 is 0 Å². The van der Waals surface area contributed by atoms with E-state index in [1.54, 1.807) is 25.3 Å². The van der Waals surface area contributed by atoms with Crippen LogP contribution in [0.1, 0.15) is 22.3 Å². The molecule has 0 unspecified atom stereocenters. The topological polar surface area (TPSA) is 30.5 Å². The van der Waals surface area contributed by atoms with Crippen LogP contribution in [-0.2, 0) is 13.2 Å². The number of nitrogens with one attached hydrogen (secondary N) is 1.